The summed E-state index contributed by atoms with van der Waals surface area (Å²) in [5, 5.41) is 4.77. The van der Waals surface area contributed by atoms with Crippen molar-refractivity contribution in [1.82, 2.24) is 9.97 Å². The van der Waals surface area contributed by atoms with E-state index in [-0.39, 0.29) is 5.54 Å². The minimum Gasteiger partial charge on any atom is -0.363 e. The molecule has 0 radical (unpaired) electrons. The molecule has 0 saturated heterocycles. The molecule has 0 aromatic carbocycles. The van der Waals surface area contributed by atoms with Crippen molar-refractivity contribution in [3.05, 3.63) is 17.3 Å². The lowest BCUT2D eigenvalue weighted by Crippen LogP contribution is -2.43. The predicted octanol–water partition coefficient (Wildman–Crippen LogP) is 4.60. The Kier molecular flexibility index (Phi) is 3.87. The second-order valence-corrected chi connectivity index (χ2v) is 7.52. The molecule has 108 valence electrons. The number of hydrogen-bond acceptors (Lipinski definition) is 4. The second kappa shape index (κ2) is 5.49. The molecule has 3 rings (SSSR count). The number of aromatic nitrogens is 2. The monoisotopic (exact) mass is 309 g/mol. The average Bonchev–Trinajstić information content (AvgIpc) is 2.83. The van der Waals surface area contributed by atoms with Crippen LogP contribution in [0.4, 0.5) is 5.82 Å². The van der Waals surface area contributed by atoms with Crippen LogP contribution < -0.4 is 5.32 Å². The van der Waals surface area contributed by atoms with Gasteiger partial charge in [0.2, 0.25) is 0 Å². The molecule has 2 heterocycles. The molecule has 2 aromatic heterocycles. The minimum absolute atomic E-state index is 0.00874. The summed E-state index contributed by atoms with van der Waals surface area (Å²) in [7, 11) is 0. The zero-order valence-corrected chi connectivity index (χ0v) is 13.5. The third-order valence-electron chi connectivity index (χ3n) is 4.32. The number of thiophene rings is 1. The third-order valence-corrected chi connectivity index (χ3v) is 5.79. The molecule has 1 aliphatic rings. The first kappa shape index (κ1) is 14.1. The van der Waals surface area contributed by atoms with Gasteiger partial charge in [-0.05, 0) is 44.6 Å². The van der Waals surface area contributed by atoms with E-state index in [1.54, 1.807) is 17.7 Å². The van der Waals surface area contributed by atoms with Crippen LogP contribution in [-0.4, -0.2) is 21.4 Å². The van der Waals surface area contributed by atoms with E-state index >= 15 is 0 Å². The lowest BCUT2D eigenvalue weighted by molar-refractivity contribution is 0.286. The molecule has 0 aliphatic heterocycles. The Bertz CT molecular complexity index is 602. The summed E-state index contributed by atoms with van der Waals surface area (Å²) in [4.78, 5) is 11.1. The van der Waals surface area contributed by atoms with Crippen molar-refractivity contribution in [2.75, 3.05) is 11.2 Å². The van der Waals surface area contributed by atoms with Crippen LogP contribution >= 0.6 is 22.9 Å². The standard InChI is InChI=1S/C15H20ClN3S/c1-10-3-5-15(8-16,6-4-10)19-13-12-7-11(2)20-14(12)18-9-17-13/h7,9-10H,3-6,8H2,1-2H3,(H,17,18,19). The maximum Gasteiger partial charge on any atom is 0.138 e. The summed E-state index contributed by atoms with van der Waals surface area (Å²) < 4.78 is 0. The van der Waals surface area contributed by atoms with Crippen LogP contribution in [0.2, 0.25) is 0 Å². The lowest BCUT2D eigenvalue weighted by atomic mass is 9.78. The number of alkyl halides is 1. The van der Waals surface area contributed by atoms with E-state index in [0.29, 0.717) is 5.88 Å². The Balaban J connectivity index is 1.91. The second-order valence-electron chi connectivity index (χ2n) is 6.02. The zero-order valence-electron chi connectivity index (χ0n) is 11.9. The fourth-order valence-corrected chi connectivity index (χ4v) is 4.11. The number of hydrogen-bond donors (Lipinski definition) is 1. The van der Waals surface area contributed by atoms with Crippen molar-refractivity contribution in [2.45, 2.75) is 45.1 Å². The first-order valence-electron chi connectivity index (χ1n) is 7.17. The van der Waals surface area contributed by atoms with Crippen LogP contribution in [0, 0.1) is 12.8 Å². The summed E-state index contributed by atoms with van der Waals surface area (Å²) in [5.41, 5.74) is -0.00874. The van der Waals surface area contributed by atoms with E-state index in [0.717, 1.165) is 34.8 Å². The molecule has 1 fully saturated rings. The SMILES string of the molecule is Cc1cc2c(NC3(CCl)CCC(C)CC3)ncnc2s1. The average molecular weight is 310 g/mol. The Morgan fingerprint density at radius 2 is 2.15 bits per heavy atom. The van der Waals surface area contributed by atoms with Gasteiger partial charge in [0.05, 0.1) is 10.9 Å². The topological polar surface area (TPSA) is 37.8 Å². The van der Waals surface area contributed by atoms with Crippen molar-refractivity contribution in [3.63, 3.8) is 0 Å². The summed E-state index contributed by atoms with van der Waals surface area (Å²) in [6, 6.07) is 2.16. The van der Waals surface area contributed by atoms with E-state index in [1.165, 1.54) is 17.7 Å². The zero-order chi connectivity index (χ0) is 14.2. The smallest absolute Gasteiger partial charge is 0.138 e. The lowest BCUT2D eigenvalue weighted by Gasteiger charge is -2.39. The van der Waals surface area contributed by atoms with Crippen molar-refractivity contribution in [1.29, 1.82) is 0 Å². The highest BCUT2D eigenvalue weighted by atomic mass is 35.5. The molecule has 0 unspecified atom stereocenters. The van der Waals surface area contributed by atoms with Gasteiger partial charge in [-0.3, -0.25) is 0 Å². The molecule has 20 heavy (non-hydrogen) atoms. The van der Waals surface area contributed by atoms with Crippen molar-refractivity contribution in [2.24, 2.45) is 5.92 Å². The highest BCUT2D eigenvalue weighted by Crippen LogP contribution is 2.37. The summed E-state index contributed by atoms with van der Waals surface area (Å²) in [5.74, 6) is 2.38. The Hall–Kier alpha value is -0.870. The Morgan fingerprint density at radius 1 is 1.40 bits per heavy atom. The number of nitrogens with one attached hydrogen (secondary N) is 1. The molecule has 0 amide bonds. The van der Waals surface area contributed by atoms with Gasteiger partial charge in [0.15, 0.2) is 0 Å². The van der Waals surface area contributed by atoms with Crippen LogP contribution in [-0.2, 0) is 0 Å². The van der Waals surface area contributed by atoms with Gasteiger partial charge in [0, 0.05) is 10.8 Å². The van der Waals surface area contributed by atoms with E-state index < -0.39 is 0 Å². The van der Waals surface area contributed by atoms with Crippen LogP contribution in [0.3, 0.4) is 0 Å². The van der Waals surface area contributed by atoms with Crippen LogP contribution in [0.25, 0.3) is 10.2 Å². The molecular weight excluding hydrogens is 290 g/mol. The normalized spacial score (nSPS) is 26.9. The first-order chi connectivity index (χ1) is 9.62. The van der Waals surface area contributed by atoms with E-state index in [1.807, 2.05) is 0 Å². The van der Waals surface area contributed by atoms with Gasteiger partial charge in [0.25, 0.3) is 0 Å². The Morgan fingerprint density at radius 3 is 2.85 bits per heavy atom. The molecule has 1 N–H and O–H groups in total. The maximum atomic E-state index is 6.29. The fourth-order valence-electron chi connectivity index (χ4n) is 2.93. The fraction of sp³-hybridized carbons (Fsp3) is 0.600. The van der Waals surface area contributed by atoms with Gasteiger partial charge in [-0.25, -0.2) is 9.97 Å². The number of fused-ring (bicyclic) bond motifs is 1. The number of halogens is 1. The summed E-state index contributed by atoms with van der Waals surface area (Å²) in [6.45, 7) is 4.43. The molecular formula is C15H20ClN3S. The van der Waals surface area contributed by atoms with E-state index in [2.05, 4.69) is 35.2 Å². The Labute approximate surface area is 128 Å². The van der Waals surface area contributed by atoms with Crippen LogP contribution in [0.15, 0.2) is 12.4 Å². The third kappa shape index (κ3) is 2.63. The van der Waals surface area contributed by atoms with Gasteiger partial charge < -0.3 is 5.32 Å². The molecule has 0 spiro atoms. The van der Waals surface area contributed by atoms with Crippen molar-refractivity contribution >= 4 is 39.0 Å². The summed E-state index contributed by atoms with van der Waals surface area (Å²) >= 11 is 8.00. The molecule has 0 bridgehead atoms. The molecule has 3 nitrogen and oxygen atoms in total. The highest BCUT2D eigenvalue weighted by Gasteiger charge is 2.34. The predicted molar refractivity (Wildman–Crippen MR) is 86.9 cm³/mol. The van der Waals surface area contributed by atoms with Crippen molar-refractivity contribution in [3.8, 4) is 0 Å². The maximum absolute atomic E-state index is 6.29. The number of rotatable bonds is 3. The van der Waals surface area contributed by atoms with E-state index in [9.17, 15) is 0 Å². The van der Waals surface area contributed by atoms with Crippen LogP contribution in [0.5, 0.6) is 0 Å². The van der Waals surface area contributed by atoms with Crippen molar-refractivity contribution < 1.29 is 0 Å². The van der Waals surface area contributed by atoms with Gasteiger partial charge in [0.1, 0.15) is 17.0 Å². The van der Waals surface area contributed by atoms with Crippen LogP contribution in [0.1, 0.15) is 37.5 Å². The highest BCUT2D eigenvalue weighted by molar-refractivity contribution is 7.18. The number of aryl methyl sites for hydroxylation is 1. The molecule has 1 saturated carbocycles. The van der Waals surface area contributed by atoms with Gasteiger partial charge in [-0.15, -0.1) is 22.9 Å². The number of anilines is 1. The van der Waals surface area contributed by atoms with Gasteiger partial charge in [-0.2, -0.15) is 0 Å². The molecule has 0 atom stereocenters. The largest absolute Gasteiger partial charge is 0.363 e. The van der Waals surface area contributed by atoms with Gasteiger partial charge >= 0.3 is 0 Å². The molecule has 5 heteroatoms. The van der Waals surface area contributed by atoms with Gasteiger partial charge in [-0.1, -0.05) is 6.92 Å². The molecule has 2 aromatic rings. The molecule has 1 aliphatic carbocycles. The number of nitrogens with zero attached hydrogens (tertiary/aromatic N) is 2. The first-order valence-corrected chi connectivity index (χ1v) is 8.52. The minimum atomic E-state index is -0.00874. The van der Waals surface area contributed by atoms with E-state index in [4.69, 9.17) is 11.6 Å². The quantitative estimate of drug-likeness (QED) is 0.842. The summed E-state index contributed by atoms with van der Waals surface area (Å²) in [6.07, 6.45) is 6.35.